The summed E-state index contributed by atoms with van der Waals surface area (Å²) in [6, 6.07) is 31.5. The van der Waals surface area contributed by atoms with Crippen LogP contribution in [-0.2, 0) is 0 Å². The molecule has 0 saturated heterocycles. The van der Waals surface area contributed by atoms with Crippen molar-refractivity contribution in [3.05, 3.63) is 108 Å². The number of para-hydroxylation sites is 4. The zero-order valence-corrected chi connectivity index (χ0v) is 32.5. The molecule has 0 fully saturated rings. The van der Waals surface area contributed by atoms with Crippen LogP contribution >= 0.6 is 0 Å². The van der Waals surface area contributed by atoms with Crippen molar-refractivity contribution in [1.29, 1.82) is 10.5 Å². The largest absolute Gasteiger partial charge is 0.524 e. The zero-order valence-electron chi connectivity index (χ0n) is 32.5. The monoisotopic (exact) mass is 800 g/mol. The highest BCUT2D eigenvalue weighted by Crippen LogP contribution is 2.36. The average molecular weight is 801 g/mol. The SMILES string of the molecule is CCOc1ccc(-c2nc(C#N)c3nc(OC(=O)Oc4nc5c(C#N)nc(-c6ccc(OCC)cc6)nc5n4-c4ccccc4OC)n(-c4ccccc4OC)c3n2)cc1. The van der Waals surface area contributed by atoms with Gasteiger partial charge in [0.15, 0.2) is 34.3 Å². The van der Waals surface area contributed by atoms with Gasteiger partial charge in [-0.05, 0) is 86.6 Å². The van der Waals surface area contributed by atoms with Crippen molar-refractivity contribution >= 4 is 28.5 Å². The maximum atomic E-state index is 14.0. The van der Waals surface area contributed by atoms with Crippen molar-refractivity contribution in [3.8, 4) is 81.3 Å². The van der Waals surface area contributed by atoms with Crippen molar-refractivity contribution in [3.63, 3.8) is 0 Å². The van der Waals surface area contributed by atoms with Crippen molar-refractivity contribution < 1.29 is 33.2 Å². The van der Waals surface area contributed by atoms with E-state index in [1.54, 1.807) is 97.1 Å². The molecule has 0 N–H and O–H groups in total. The number of hydrogen-bond donors (Lipinski definition) is 0. The summed E-state index contributed by atoms with van der Waals surface area (Å²) in [5.41, 5.74) is 2.12. The Labute approximate surface area is 341 Å². The minimum Gasteiger partial charge on any atom is -0.495 e. The van der Waals surface area contributed by atoms with Crippen LogP contribution in [-0.4, -0.2) is 72.6 Å². The number of aromatic nitrogens is 8. The summed E-state index contributed by atoms with van der Waals surface area (Å²) in [6.45, 7) is 4.75. The lowest BCUT2D eigenvalue weighted by Gasteiger charge is -2.14. The molecule has 60 heavy (non-hydrogen) atoms. The molecule has 0 atom stereocenters. The molecule has 4 aromatic heterocycles. The zero-order chi connectivity index (χ0) is 41.8. The second kappa shape index (κ2) is 16.5. The fourth-order valence-corrected chi connectivity index (χ4v) is 6.39. The van der Waals surface area contributed by atoms with Gasteiger partial charge in [-0.1, -0.05) is 24.3 Å². The maximum absolute atomic E-state index is 14.0. The first-order valence-corrected chi connectivity index (χ1v) is 18.4. The van der Waals surface area contributed by atoms with Crippen LogP contribution in [0.3, 0.4) is 0 Å². The van der Waals surface area contributed by atoms with Gasteiger partial charge in [0.25, 0.3) is 0 Å². The molecule has 0 amide bonds. The lowest BCUT2D eigenvalue weighted by molar-refractivity contribution is 0.143. The van der Waals surface area contributed by atoms with Crippen LogP contribution in [0.4, 0.5) is 4.79 Å². The fourth-order valence-electron chi connectivity index (χ4n) is 6.39. The second-order valence-corrected chi connectivity index (χ2v) is 12.5. The standard InChI is InChI=1S/C43H32N10O7/c1-5-57-27-19-15-25(16-20-27)37-46-29(23-44)35-39(50-37)52(31-11-7-9-13-33(31)55-3)41(48-35)59-43(54)60-42-49-36-30(24-45)47-38(26-17-21-28(22-18-26)58-6-2)51-40(36)53(42)32-12-8-10-14-34(32)56-4/h7-22H,5-6H2,1-4H3. The average Bonchev–Trinajstić information content (AvgIpc) is 3.83. The molecule has 0 saturated carbocycles. The first-order valence-electron chi connectivity index (χ1n) is 18.4. The lowest BCUT2D eigenvalue weighted by Crippen LogP contribution is -2.18. The predicted molar refractivity (Wildman–Crippen MR) is 216 cm³/mol. The molecule has 0 spiro atoms. The summed E-state index contributed by atoms with van der Waals surface area (Å²) >= 11 is 0. The number of ether oxygens (including phenoxy) is 6. The molecule has 8 aromatic rings. The number of nitrogens with zero attached hydrogens (tertiary/aromatic N) is 10. The Bertz CT molecular complexity index is 2790. The van der Waals surface area contributed by atoms with E-state index in [1.165, 1.54) is 23.4 Å². The van der Waals surface area contributed by atoms with Crippen molar-refractivity contribution in [2.24, 2.45) is 0 Å². The van der Waals surface area contributed by atoms with E-state index in [4.69, 9.17) is 38.4 Å². The van der Waals surface area contributed by atoms with E-state index >= 15 is 0 Å². The molecule has 4 aromatic carbocycles. The molecule has 4 heterocycles. The Morgan fingerprint density at radius 3 is 1.33 bits per heavy atom. The third kappa shape index (κ3) is 7.14. The van der Waals surface area contributed by atoms with Crippen LogP contribution in [0.5, 0.6) is 35.0 Å². The van der Waals surface area contributed by atoms with E-state index < -0.39 is 6.16 Å². The number of benzene rings is 4. The number of rotatable bonds is 12. The van der Waals surface area contributed by atoms with Crippen LogP contribution in [0.25, 0.3) is 56.5 Å². The first kappa shape index (κ1) is 38.3. The summed E-state index contributed by atoms with van der Waals surface area (Å²) in [6.07, 6.45) is -1.29. The van der Waals surface area contributed by atoms with Crippen LogP contribution in [0.1, 0.15) is 25.2 Å². The Morgan fingerprint density at radius 2 is 0.967 bits per heavy atom. The molecule has 0 aliphatic heterocycles. The minimum atomic E-state index is -1.29. The van der Waals surface area contributed by atoms with Gasteiger partial charge in [0.2, 0.25) is 0 Å². The Hall–Kier alpha value is -8.57. The molecule has 0 bridgehead atoms. The number of methoxy groups -OCH3 is 2. The van der Waals surface area contributed by atoms with Crippen molar-refractivity contribution in [1.82, 2.24) is 39.0 Å². The molecule has 0 aliphatic carbocycles. The molecule has 296 valence electrons. The second-order valence-electron chi connectivity index (χ2n) is 12.5. The summed E-state index contributed by atoms with van der Waals surface area (Å²) in [7, 11) is 2.96. The molecule has 0 aliphatic rings. The quantitative estimate of drug-likeness (QED) is 0.110. The van der Waals surface area contributed by atoms with Gasteiger partial charge in [0.05, 0.1) is 38.8 Å². The predicted octanol–water partition coefficient (Wildman–Crippen LogP) is 7.41. The number of carbonyl (C=O) groups excluding carboxylic acids is 1. The van der Waals surface area contributed by atoms with Crippen LogP contribution in [0.15, 0.2) is 97.1 Å². The number of fused-ring (bicyclic) bond motifs is 2. The number of hydrogen-bond acceptors (Lipinski definition) is 15. The van der Waals surface area contributed by atoms with Gasteiger partial charge >= 0.3 is 18.2 Å². The normalized spacial score (nSPS) is 10.8. The van der Waals surface area contributed by atoms with E-state index in [1.807, 2.05) is 13.8 Å². The molecular formula is C43H32N10O7. The van der Waals surface area contributed by atoms with Gasteiger partial charge in [0.1, 0.15) is 46.2 Å². The maximum Gasteiger partial charge on any atom is 0.524 e. The third-order valence-corrected chi connectivity index (χ3v) is 9.01. The van der Waals surface area contributed by atoms with Gasteiger partial charge in [-0.3, -0.25) is 0 Å². The molecule has 0 unspecified atom stereocenters. The molecule has 17 nitrogen and oxygen atoms in total. The van der Waals surface area contributed by atoms with E-state index in [0.29, 0.717) is 58.7 Å². The molecule has 0 radical (unpaired) electrons. The Balaban J connectivity index is 1.25. The summed E-state index contributed by atoms with van der Waals surface area (Å²) in [4.78, 5) is 41.6. The fraction of sp³-hybridized carbons (Fsp3) is 0.140. The van der Waals surface area contributed by atoms with E-state index in [2.05, 4.69) is 32.1 Å². The van der Waals surface area contributed by atoms with Crippen LogP contribution in [0.2, 0.25) is 0 Å². The number of nitriles is 2. The van der Waals surface area contributed by atoms with Gasteiger partial charge < -0.3 is 28.4 Å². The van der Waals surface area contributed by atoms with Gasteiger partial charge in [-0.25, -0.2) is 33.9 Å². The summed E-state index contributed by atoms with van der Waals surface area (Å²) in [5, 5.41) is 20.5. The summed E-state index contributed by atoms with van der Waals surface area (Å²) < 4.78 is 37.0. The van der Waals surface area contributed by atoms with E-state index in [9.17, 15) is 15.3 Å². The Morgan fingerprint density at radius 1 is 0.567 bits per heavy atom. The highest BCUT2D eigenvalue weighted by atomic mass is 16.7. The first-order chi connectivity index (χ1) is 29.4. The third-order valence-electron chi connectivity index (χ3n) is 9.01. The van der Waals surface area contributed by atoms with Crippen LogP contribution < -0.4 is 28.4 Å². The van der Waals surface area contributed by atoms with E-state index in [-0.39, 0.29) is 57.4 Å². The van der Waals surface area contributed by atoms with Crippen molar-refractivity contribution in [2.45, 2.75) is 13.8 Å². The highest BCUT2D eigenvalue weighted by Gasteiger charge is 2.28. The van der Waals surface area contributed by atoms with Gasteiger partial charge in [-0.15, -0.1) is 0 Å². The molecule has 8 rings (SSSR count). The molecule has 17 heteroatoms. The topological polar surface area (TPSA) is 207 Å². The van der Waals surface area contributed by atoms with Crippen molar-refractivity contribution in [2.75, 3.05) is 27.4 Å². The van der Waals surface area contributed by atoms with Gasteiger partial charge in [0, 0.05) is 11.1 Å². The molecular weight excluding hydrogens is 769 g/mol. The minimum absolute atomic E-state index is 0.0397. The van der Waals surface area contributed by atoms with Crippen LogP contribution in [0, 0.1) is 22.7 Å². The van der Waals surface area contributed by atoms with Gasteiger partial charge in [-0.2, -0.15) is 20.5 Å². The lowest BCUT2D eigenvalue weighted by atomic mass is 10.2. The number of carbonyl (C=O) groups is 1. The highest BCUT2D eigenvalue weighted by molar-refractivity contribution is 5.85. The van der Waals surface area contributed by atoms with E-state index in [0.717, 1.165) is 0 Å². The summed E-state index contributed by atoms with van der Waals surface area (Å²) in [5.74, 6) is 2.46. The Kier molecular flexibility index (Phi) is 10.5. The smallest absolute Gasteiger partial charge is 0.495 e. The number of imidazole rings is 2.